The number of hydrogen-bond acceptors (Lipinski definition) is 5. The van der Waals surface area contributed by atoms with Crippen molar-refractivity contribution in [1.29, 1.82) is 0 Å². The summed E-state index contributed by atoms with van der Waals surface area (Å²) in [6, 6.07) is 1.98. The number of rotatable bonds is 6. The van der Waals surface area contributed by atoms with E-state index in [1.165, 1.54) is 0 Å². The minimum absolute atomic E-state index is 0.378. The van der Waals surface area contributed by atoms with Crippen molar-refractivity contribution in [2.24, 2.45) is 4.99 Å². The van der Waals surface area contributed by atoms with Gasteiger partial charge < -0.3 is 19.9 Å². The van der Waals surface area contributed by atoms with Gasteiger partial charge in [0.15, 0.2) is 11.7 Å². The maximum atomic E-state index is 5.34. The Labute approximate surface area is 132 Å². The number of morpholine rings is 1. The van der Waals surface area contributed by atoms with Crippen LogP contribution < -0.4 is 10.6 Å². The Morgan fingerprint density at radius 2 is 2.14 bits per heavy atom. The van der Waals surface area contributed by atoms with Gasteiger partial charge in [0.2, 0.25) is 0 Å². The standard InChI is InChI=1S/C15H27N5O2/c1-12(2)14-10-13(22-19-14)11-18-15(16-3)17-4-5-20-6-8-21-9-7-20/h10,12H,4-9,11H2,1-3H3,(H2,16,17,18). The number of guanidine groups is 1. The van der Waals surface area contributed by atoms with Crippen LogP contribution in [0.1, 0.15) is 31.2 Å². The zero-order chi connectivity index (χ0) is 15.8. The Kier molecular flexibility index (Phi) is 6.67. The molecule has 1 aromatic rings. The van der Waals surface area contributed by atoms with Crippen LogP contribution in [0.3, 0.4) is 0 Å². The summed E-state index contributed by atoms with van der Waals surface area (Å²) in [7, 11) is 1.77. The second-order valence-corrected chi connectivity index (χ2v) is 5.68. The molecule has 2 heterocycles. The lowest BCUT2D eigenvalue weighted by atomic mass is 10.1. The van der Waals surface area contributed by atoms with Gasteiger partial charge in [-0.05, 0) is 5.92 Å². The predicted octanol–water partition coefficient (Wildman–Crippen LogP) is 0.795. The molecule has 7 nitrogen and oxygen atoms in total. The summed E-state index contributed by atoms with van der Waals surface area (Å²) in [6.07, 6.45) is 0. The van der Waals surface area contributed by atoms with E-state index in [2.05, 4.69) is 39.5 Å². The molecule has 1 fully saturated rings. The molecule has 0 spiro atoms. The van der Waals surface area contributed by atoms with Crippen molar-refractivity contribution in [2.75, 3.05) is 46.4 Å². The molecule has 0 unspecified atom stereocenters. The molecule has 7 heteroatoms. The van der Waals surface area contributed by atoms with Gasteiger partial charge in [-0.25, -0.2) is 0 Å². The van der Waals surface area contributed by atoms with Crippen molar-refractivity contribution >= 4 is 5.96 Å². The van der Waals surface area contributed by atoms with E-state index in [4.69, 9.17) is 9.26 Å². The van der Waals surface area contributed by atoms with E-state index in [0.717, 1.165) is 56.8 Å². The molecule has 0 bridgehead atoms. The average Bonchev–Trinajstić information content (AvgIpc) is 3.01. The number of ether oxygens (including phenoxy) is 1. The molecule has 2 N–H and O–H groups in total. The molecule has 0 saturated carbocycles. The van der Waals surface area contributed by atoms with Crippen LogP contribution in [0, 0.1) is 0 Å². The Morgan fingerprint density at radius 1 is 1.36 bits per heavy atom. The van der Waals surface area contributed by atoms with Crippen LogP contribution in [-0.4, -0.2) is 62.5 Å². The molecule has 124 valence electrons. The van der Waals surface area contributed by atoms with Gasteiger partial charge in [-0.1, -0.05) is 19.0 Å². The SMILES string of the molecule is CN=C(NCCN1CCOCC1)NCc1cc(C(C)C)no1. The van der Waals surface area contributed by atoms with Gasteiger partial charge in [0.1, 0.15) is 0 Å². The van der Waals surface area contributed by atoms with Crippen LogP contribution in [0.4, 0.5) is 0 Å². The molecule has 0 atom stereocenters. The van der Waals surface area contributed by atoms with Crippen LogP contribution >= 0.6 is 0 Å². The first kappa shape index (κ1) is 16.8. The van der Waals surface area contributed by atoms with E-state index in [1.54, 1.807) is 7.05 Å². The van der Waals surface area contributed by atoms with Gasteiger partial charge >= 0.3 is 0 Å². The Hall–Kier alpha value is -1.60. The predicted molar refractivity (Wildman–Crippen MR) is 86.1 cm³/mol. The minimum Gasteiger partial charge on any atom is -0.379 e. The largest absolute Gasteiger partial charge is 0.379 e. The molecule has 1 saturated heterocycles. The number of nitrogens with one attached hydrogen (secondary N) is 2. The van der Waals surface area contributed by atoms with E-state index in [0.29, 0.717) is 12.5 Å². The number of aromatic nitrogens is 1. The summed E-state index contributed by atoms with van der Waals surface area (Å²) in [5.74, 6) is 1.97. The summed E-state index contributed by atoms with van der Waals surface area (Å²) in [6.45, 7) is 10.3. The molecule has 1 aromatic heterocycles. The van der Waals surface area contributed by atoms with E-state index in [9.17, 15) is 0 Å². The van der Waals surface area contributed by atoms with E-state index >= 15 is 0 Å². The Bertz CT molecular complexity index is 466. The smallest absolute Gasteiger partial charge is 0.191 e. The van der Waals surface area contributed by atoms with E-state index < -0.39 is 0 Å². The van der Waals surface area contributed by atoms with Crippen molar-refractivity contribution in [1.82, 2.24) is 20.7 Å². The molecule has 0 aliphatic carbocycles. The average molecular weight is 309 g/mol. The summed E-state index contributed by atoms with van der Waals surface area (Å²) in [4.78, 5) is 6.60. The summed E-state index contributed by atoms with van der Waals surface area (Å²) in [5, 5.41) is 10.6. The molecule has 1 aliphatic heterocycles. The first-order valence-electron chi connectivity index (χ1n) is 7.89. The monoisotopic (exact) mass is 309 g/mol. The lowest BCUT2D eigenvalue weighted by molar-refractivity contribution is 0.0389. The van der Waals surface area contributed by atoms with Crippen LogP contribution in [0.5, 0.6) is 0 Å². The first-order valence-corrected chi connectivity index (χ1v) is 7.89. The van der Waals surface area contributed by atoms with Gasteiger partial charge in [0.05, 0.1) is 25.5 Å². The lowest BCUT2D eigenvalue weighted by Crippen LogP contribution is -2.44. The molecule has 0 radical (unpaired) electrons. The van der Waals surface area contributed by atoms with Gasteiger partial charge in [-0.3, -0.25) is 9.89 Å². The summed E-state index contributed by atoms with van der Waals surface area (Å²) in [5.41, 5.74) is 0.979. The highest BCUT2D eigenvalue weighted by Gasteiger charge is 2.10. The fraction of sp³-hybridized carbons (Fsp3) is 0.733. The second-order valence-electron chi connectivity index (χ2n) is 5.68. The van der Waals surface area contributed by atoms with Crippen LogP contribution in [0.2, 0.25) is 0 Å². The molecule has 1 aliphatic rings. The highest BCUT2D eigenvalue weighted by atomic mass is 16.5. The number of aliphatic imine (C=N–C) groups is 1. The van der Waals surface area contributed by atoms with Crippen molar-refractivity contribution in [3.63, 3.8) is 0 Å². The minimum atomic E-state index is 0.378. The molecule has 22 heavy (non-hydrogen) atoms. The molecule has 0 amide bonds. The van der Waals surface area contributed by atoms with Crippen molar-refractivity contribution < 1.29 is 9.26 Å². The third-order valence-corrected chi connectivity index (χ3v) is 3.65. The fourth-order valence-electron chi connectivity index (χ4n) is 2.23. The van der Waals surface area contributed by atoms with E-state index in [1.807, 2.05) is 6.07 Å². The Balaban J connectivity index is 1.68. The van der Waals surface area contributed by atoms with Crippen molar-refractivity contribution in [2.45, 2.75) is 26.3 Å². The van der Waals surface area contributed by atoms with Crippen LogP contribution in [0.15, 0.2) is 15.6 Å². The normalized spacial score (nSPS) is 17.0. The highest BCUT2D eigenvalue weighted by molar-refractivity contribution is 5.79. The van der Waals surface area contributed by atoms with Crippen molar-refractivity contribution in [3.05, 3.63) is 17.5 Å². The number of nitrogens with zero attached hydrogens (tertiary/aromatic N) is 3. The molecular formula is C15H27N5O2. The lowest BCUT2D eigenvalue weighted by Gasteiger charge is -2.26. The summed E-state index contributed by atoms with van der Waals surface area (Å²) < 4.78 is 10.6. The number of hydrogen-bond donors (Lipinski definition) is 2. The van der Waals surface area contributed by atoms with Crippen LogP contribution in [0.25, 0.3) is 0 Å². The van der Waals surface area contributed by atoms with Gasteiger partial charge in [-0.2, -0.15) is 0 Å². The van der Waals surface area contributed by atoms with E-state index in [-0.39, 0.29) is 0 Å². The highest BCUT2D eigenvalue weighted by Crippen LogP contribution is 2.13. The zero-order valence-corrected chi connectivity index (χ0v) is 13.8. The topological polar surface area (TPSA) is 74.9 Å². The first-order chi connectivity index (χ1) is 10.7. The van der Waals surface area contributed by atoms with Crippen LogP contribution in [-0.2, 0) is 11.3 Å². The van der Waals surface area contributed by atoms with Gasteiger partial charge in [0.25, 0.3) is 0 Å². The molecule has 0 aromatic carbocycles. The van der Waals surface area contributed by atoms with Crippen molar-refractivity contribution in [3.8, 4) is 0 Å². The molecular weight excluding hydrogens is 282 g/mol. The fourth-order valence-corrected chi connectivity index (χ4v) is 2.23. The maximum absolute atomic E-state index is 5.34. The van der Waals surface area contributed by atoms with Gasteiger partial charge in [-0.15, -0.1) is 0 Å². The third-order valence-electron chi connectivity index (χ3n) is 3.65. The van der Waals surface area contributed by atoms with Gasteiger partial charge in [0, 0.05) is 39.3 Å². The quantitative estimate of drug-likeness (QED) is 0.598. The zero-order valence-electron chi connectivity index (χ0n) is 13.8. The Morgan fingerprint density at radius 3 is 2.77 bits per heavy atom. The third kappa shape index (κ3) is 5.31. The molecule has 2 rings (SSSR count). The summed E-state index contributed by atoms with van der Waals surface area (Å²) >= 11 is 0. The maximum Gasteiger partial charge on any atom is 0.191 e. The second kappa shape index (κ2) is 8.75.